The van der Waals surface area contributed by atoms with Crippen molar-refractivity contribution >= 4 is 17.4 Å². The number of amides is 1. The first-order valence-electron chi connectivity index (χ1n) is 8.15. The minimum absolute atomic E-state index is 0.00601. The van der Waals surface area contributed by atoms with Crippen molar-refractivity contribution < 1.29 is 14.3 Å². The Morgan fingerprint density at radius 2 is 1.91 bits per heavy atom. The second-order valence-corrected chi connectivity index (χ2v) is 5.85. The molecule has 0 spiro atoms. The predicted molar refractivity (Wildman–Crippen MR) is 87.6 cm³/mol. The van der Waals surface area contributed by atoms with E-state index < -0.39 is 5.60 Å². The maximum absolute atomic E-state index is 13.0. The fourth-order valence-electron chi connectivity index (χ4n) is 2.88. The molecule has 4 nitrogen and oxygen atoms in total. The van der Waals surface area contributed by atoms with Gasteiger partial charge in [-0.05, 0) is 44.4 Å². The van der Waals surface area contributed by atoms with Gasteiger partial charge in [-0.25, -0.2) is 0 Å². The van der Waals surface area contributed by atoms with Crippen molar-refractivity contribution in [2.24, 2.45) is 0 Å². The summed E-state index contributed by atoms with van der Waals surface area (Å²) in [6, 6.07) is 5.36. The molecule has 0 atom stereocenters. The highest BCUT2D eigenvalue weighted by Gasteiger charge is 2.45. The Bertz CT molecular complexity index is 576. The van der Waals surface area contributed by atoms with Gasteiger partial charge in [0.15, 0.2) is 11.4 Å². The zero-order valence-corrected chi connectivity index (χ0v) is 13.9. The first kappa shape index (κ1) is 16.5. The average molecular weight is 303 g/mol. The second-order valence-electron chi connectivity index (χ2n) is 5.85. The molecule has 0 saturated heterocycles. The van der Waals surface area contributed by atoms with Crippen LogP contribution in [0.2, 0.25) is 0 Å². The number of Topliss-reactive ketones (excluding diaryl/α,β-unsaturated/α-hetero) is 1. The van der Waals surface area contributed by atoms with Crippen molar-refractivity contribution in [3.8, 4) is 5.75 Å². The zero-order valence-electron chi connectivity index (χ0n) is 13.9. The Morgan fingerprint density at radius 1 is 1.23 bits per heavy atom. The number of carbonyl (C=O) groups excluding carboxylic acids is 2. The molecule has 0 N–H and O–H groups in total. The van der Waals surface area contributed by atoms with E-state index in [4.69, 9.17) is 4.74 Å². The summed E-state index contributed by atoms with van der Waals surface area (Å²) >= 11 is 0. The number of anilines is 1. The zero-order chi connectivity index (χ0) is 16.3. The molecule has 0 unspecified atom stereocenters. The quantitative estimate of drug-likeness (QED) is 0.747. The van der Waals surface area contributed by atoms with E-state index in [1.807, 2.05) is 24.8 Å². The van der Waals surface area contributed by atoms with E-state index in [1.165, 1.54) is 6.92 Å². The highest BCUT2D eigenvalue weighted by atomic mass is 16.5. The fraction of sp³-hybridized carbons (Fsp3) is 0.556. The van der Waals surface area contributed by atoms with E-state index in [1.54, 1.807) is 12.1 Å². The number of nitrogens with zero attached hydrogens (tertiary/aromatic N) is 1. The highest BCUT2D eigenvalue weighted by molar-refractivity contribution is 6.04. The molecule has 1 aliphatic rings. The van der Waals surface area contributed by atoms with Crippen molar-refractivity contribution in [1.29, 1.82) is 0 Å². The number of carbonyl (C=O) groups is 2. The first-order chi connectivity index (χ1) is 10.5. The third kappa shape index (κ3) is 2.74. The molecular formula is C18H25NO3. The molecule has 1 amide bonds. The molecule has 120 valence electrons. The van der Waals surface area contributed by atoms with Crippen LogP contribution in [0.3, 0.4) is 0 Å². The lowest BCUT2D eigenvalue weighted by Gasteiger charge is -2.42. The number of ketones is 1. The Balaban J connectivity index is 2.52. The van der Waals surface area contributed by atoms with Crippen molar-refractivity contribution in [3.05, 3.63) is 23.8 Å². The van der Waals surface area contributed by atoms with Crippen LogP contribution in [-0.4, -0.2) is 23.8 Å². The van der Waals surface area contributed by atoms with Crippen LogP contribution in [0.15, 0.2) is 18.2 Å². The molecule has 4 heteroatoms. The minimum Gasteiger partial charge on any atom is -0.475 e. The molecule has 0 aromatic heterocycles. The van der Waals surface area contributed by atoms with E-state index in [2.05, 4.69) is 6.92 Å². The summed E-state index contributed by atoms with van der Waals surface area (Å²) < 4.78 is 6.07. The maximum Gasteiger partial charge on any atom is 0.271 e. The molecular weight excluding hydrogens is 278 g/mol. The van der Waals surface area contributed by atoms with E-state index in [9.17, 15) is 9.59 Å². The number of hydrogen-bond acceptors (Lipinski definition) is 3. The number of benzene rings is 1. The molecule has 0 radical (unpaired) electrons. The number of ether oxygens (including phenoxy) is 1. The summed E-state index contributed by atoms with van der Waals surface area (Å²) in [7, 11) is 0. The number of unbranched alkanes of at least 4 members (excludes halogenated alkanes) is 1. The number of rotatable bonds is 6. The molecule has 1 aromatic rings. The van der Waals surface area contributed by atoms with Gasteiger partial charge in [0.2, 0.25) is 0 Å². The van der Waals surface area contributed by atoms with Gasteiger partial charge in [0, 0.05) is 12.1 Å². The summed E-state index contributed by atoms with van der Waals surface area (Å²) in [5.41, 5.74) is 0.555. The lowest BCUT2D eigenvalue weighted by atomic mass is 9.92. The van der Waals surface area contributed by atoms with Gasteiger partial charge in [0.05, 0.1) is 5.69 Å². The maximum atomic E-state index is 13.0. The Labute approximate surface area is 132 Å². The average Bonchev–Trinajstić information content (AvgIpc) is 2.53. The topological polar surface area (TPSA) is 46.6 Å². The molecule has 22 heavy (non-hydrogen) atoms. The Morgan fingerprint density at radius 3 is 2.45 bits per heavy atom. The van der Waals surface area contributed by atoms with Crippen LogP contribution >= 0.6 is 0 Å². The number of hydrogen-bond donors (Lipinski definition) is 0. The van der Waals surface area contributed by atoms with Gasteiger partial charge in [-0.15, -0.1) is 0 Å². The summed E-state index contributed by atoms with van der Waals surface area (Å²) in [5, 5.41) is 0. The lowest BCUT2D eigenvalue weighted by Crippen LogP contribution is -2.55. The normalized spacial score (nSPS) is 16.2. The van der Waals surface area contributed by atoms with Gasteiger partial charge in [0.1, 0.15) is 5.75 Å². The second kappa shape index (κ2) is 6.51. The van der Waals surface area contributed by atoms with Gasteiger partial charge in [0.25, 0.3) is 5.91 Å². The van der Waals surface area contributed by atoms with Crippen LogP contribution in [0.25, 0.3) is 0 Å². The monoisotopic (exact) mass is 303 g/mol. The van der Waals surface area contributed by atoms with E-state index in [-0.39, 0.29) is 11.7 Å². The smallest absolute Gasteiger partial charge is 0.271 e. The highest BCUT2D eigenvalue weighted by Crippen LogP contribution is 2.41. The van der Waals surface area contributed by atoms with Crippen LogP contribution in [0.5, 0.6) is 5.75 Å². The van der Waals surface area contributed by atoms with E-state index in [0.717, 1.165) is 18.5 Å². The Kier molecular flexibility index (Phi) is 4.89. The van der Waals surface area contributed by atoms with Gasteiger partial charge < -0.3 is 9.64 Å². The molecule has 1 aliphatic heterocycles. The van der Waals surface area contributed by atoms with Crippen LogP contribution in [0.4, 0.5) is 5.69 Å². The van der Waals surface area contributed by atoms with Crippen LogP contribution < -0.4 is 9.64 Å². The van der Waals surface area contributed by atoms with Crippen molar-refractivity contribution in [2.75, 3.05) is 11.4 Å². The van der Waals surface area contributed by atoms with Crippen molar-refractivity contribution in [1.82, 2.24) is 0 Å². The van der Waals surface area contributed by atoms with E-state index in [0.29, 0.717) is 30.7 Å². The van der Waals surface area contributed by atoms with Crippen molar-refractivity contribution in [2.45, 2.75) is 59.0 Å². The van der Waals surface area contributed by atoms with Gasteiger partial charge in [-0.1, -0.05) is 27.2 Å². The van der Waals surface area contributed by atoms with Crippen molar-refractivity contribution in [3.63, 3.8) is 0 Å². The van der Waals surface area contributed by atoms with Crippen LogP contribution in [0.1, 0.15) is 63.7 Å². The molecule has 0 saturated carbocycles. The summed E-state index contributed by atoms with van der Waals surface area (Å²) in [5.74, 6) is 0.706. The molecule has 0 bridgehead atoms. The van der Waals surface area contributed by atoms with Gasteiger partial charge in [-0.2, -0.15) is 0 Å². The van der Waals surface area contributed by atoms with Gasteiger partial charge >= 0.3 is 0 Å². The minimum atomic E-state index is -0.779. The Hall–Kier alpha value is -1.84. The summed E-state index contributed by atoms with van der Waals surface area (Å²) in [6.45, 7) is 8.26. The van der Waals surface area contributed by atoms with Crippen LogP contribution in [0, 0.1) is 0 Å². The SMILES string of the molecule is CCCCN1C(=O)C(CC)(CC)Oc2ccc(C(C)=O)cc21. The number of fused-ring (bicyclic) bond motifs is 1. The van der Waals surface area contributed by atoms with Gasteiger partial charge in [-0.3, -0.25) is 9.59 Å². The molecule has 2 rings (SSSR count). The molecule has 1 heterocycles. The largest absolute Gasteiger partial charge is 0.475 e. The third-order valence-electron chi connectivity index (χ3n) is 4.47. The summed E-state index contributed by atoms with van der Waals surface area (Å²) in [4.78, 5) is 26.4. The first-order valence-corrected chi connectivity index (χ1v) is 8.15. The molecule has 0 aliphatic carbocycles. The molecule has 0 fully saturated rings. The van der Waals surface area contributed by atoms with Crippen LogP contribution in [-0.2, 0) is 4.79 Å². The third-order valence-corrected chi connectivity index (χ3v) is 4.47. The summed E-state index contributed by atoms with van der Waals surface area (Å²) in [6.07, 6.45) is 3.22. The standard InChI is InChI=1S/C18H25NO3/c1-5-8-11-19-15-12-14(13(4)20)9-10-16(15)22-18(6-2,7-3)17(19)21/h9-10,12H,5-8,11H2,1-4H3. The lowest BCUT2D eigenvalue weighted by molar-refractivity contribution is -0.136. The fourth-order valence-corrected chi connectivity index (χ4v) is 2.88. The molecule has 1 aromatic carbocycles. The predicted octanol–water partition coefficient (Wildman–Crippen LogP) is 3.97. The van der Waals surface area contributed by atoms with E-state index >= 15 is 0 Å².